The highest BCUT2D eigenvalue weighted by molar-refractivity contribution is 9.10. The van der Waals surface area contributed by atoms with Crippen molar-refractivity contribution in [3.63, 3.8) is 0 Å². The maximum Gasteiger partial charge on any atom is 0.244 e. The summed E-state index contributed by atoms with van der Waals surface area (Å²) < 4.78 is 27.0. The van der Waals surface area contributed by atoms with Crippen molar-refractivity contribution in [1.82, 2.24) is 10.2 Å². The van der Waals surface area contributed by atoms with Gasteiger partial charge < -0.3 is 10.2 Å². The van der Waals surface area contributed by atoms with E-state index < -0.39 is 28.5 Å². The fourth-order valence-electron chi connectivity index (χ4n) is 3.64. The van der Waals surface area contributed by atoms with Crippen LogP contribution in [0.25, 0.3) is 0 Å². The molecular formula is C25H34BrN3O4S. The van der Waals surface area contributed by atoms with E-state index in [4.69, 9.17) is 0 Å². The van der Waals surface area contributed by atoms with Gasteiger partial charge in [0.1, 0.15) is 12.6 Å². The smallest absolute Gasteiger partial charge is 0.244 e. The summed E-state index contributed by atoms with van der Waals surface area (Å²) in [6.45, 7) is 6.18. The van der Waals surface area contributed by atoms with Crippen LogP contribution in [0.1, 0.15) is 44.2 Å². The van der Waals surface area contributed by atoms with Crippen LogP contribution in [-0.4, -0.2) is 50.5 Å². The van der Waals surface area contributed by atoms with Crippen LogP contribution < -0.4 is 9.62 Å². The number of rotatable bonds is 12. The third kappa shape index (κ3) is 7.84. The van der Waals surface area contributed by atoms with E-state index in [1.165, 1.54) is 4.90 Å². The third-order valence-corrected chi connectivity index (χ3v) is 7.23. The van der Waals surface area contributed by atoms with Gasteiger partial charge in [-0.05, 0) is 49.1 Å². The number of halogens is 1. The van der Waals surface area contributed by atoms with E-state index in [1.54, 1.807) is 24.3 Å². The van der Waals surface area contributed by atoms with Gasteiger partial charge >= 0.3 is 0 Å². The summed E-state index contributed by atoms with van der Waals surface area (Å²) in [5.41, 5.74) is 2.28. The minimum Gasteiger partial charge on any atom is -0.354 e. The van der Waals surface area contributed by atoms with Crippen LogP contribution in [0.2, 0.25) is 0 Å². The van der Waals surface area contributed by atoms with Gasteiger partial charge in [-0.1, -0.05) is 66.5 Å². The van der Waals surface area contributed by atoms with Crippen LogP contribution in [0.3, 0.4) is 0 Å². The number of hydrogen-bond acceptors (Lipinski definition) is 4. The van der Waals surface area contributed by atoms with E-state index in [-0.39, 0.29) is 12.5 Å². The van der Waals surface area contributed by atoms with Gasteiger partial charge in [0.05, 0.1) is 11.9 Å². The van der Waals surface area contributed by atoms with Crippen molar-refractivity contribution in [2.24, 2.45) is 0 Å². The Morgan fingerprint density at radius 3 is 2.38 bits per heavy atom. The van der Waals surface area contributed by atoms with Crippen molar-refractivity contribution in [2.75, 3.05) is 23.7 Å². The predicted molar refractivity (Wildman–Crippen MR) is 140 cm³/mol. The first-order valence-electron chi connectivity index (χ1n) is 11.4. The summed E-state index contributed by atoms with van der Waals surface area (Å²) in [7, 11) is -3.75. The number of hydrogen-bond donors (Lipinski definition) is 1. The molecule has 9 heteroatoms. The Kier molecular flexibility index (Phi) is 10.6. The minimum atomic E-state index is -3.75. The molecule has 0 spiro atoms. The van der Waals surface area contributed by atoms with Crippen LogP contribution in [0.4, 0.5) is 5.69 Å². The molecule has 0 aromatic heterocycles. The molecule has 0 fully saturated rings. The topological polar surface area (TPSA) is 86.8 Å². The van der Waals surface area contributed by atoms with Crippen LogP contribution >= 0.6 is 15.9 Å². The average molecular weight is 553 g/mol. The summed E-state index contributed by atoms with van der Waals surface area (Å²) in [6.07, 6.45) is 3.27. The zero-order valence-corrected chi connectivity index (χ0v) is 22.7. The largest absolute Gasteiger partial charge is 0.354 e. The number of aryl methyl sites for hydroxylation is 1. The highest BCUT2D eigenvalue weighted by atomic mass is 79.9. The molecule has 2 amide bonds. The van der Waals surface area contributed by atoms with Crippen molar-refractivity contribution in [1.29, 1.82) is 0 Å². The minimum absolute atomic E-state index is 0.210. The van der Waals surface area contributed by atoms with Gasteiger partial charge in [-0.3, -0.25) is 13.9 Å². The highest BCUT2D eigenvalue weighted by Gasteiger charge is 2.31. The van der Waals surface area contributed by atoms with Crippen molar-refractivity contribution < 1.29 is 18.0 Å². The van der Waals surface area contributed by atoms with Gasteiger partial charge in [-0.15, -0.1) is 0 Å². The van der Waals surface area contributed by atoms with Crippen molar-refractivity contribution in [3.8, 4) is 0 Å². The maximum atomic E-state index is 13.6. The van der Waals surface area contributed by atoms with Crippen LogP contribution in [0.15, 0.2) is 53.0 Å². The monoisotopic (exact) mass is 551 g/mol. The first-order chi connectivity index (χ1) is 16.1. The molecule has 34 heavy (non-hydrogen) atoms. The molecule has 2 aromatic rings. The number of carbonyl (C=O) groups is 2. The maximum absolute atomic E-state index is 13.6. The molecular weight excluding hydrogens is 518 g/mol. The van der Waals surface area contributed by atoms with Crippen LogP contribution in [-0.2, 0) is 26.2 Å². The lowest BCUT2D eigenvalue weighted by molar-refractivity contribution is -0.140. The summed E-state index contributed by atoms with van der Waals surface area (Å²) >= 11 is 3.36. The molecule has 0 saturated heterocycles. The number of nitrogens with zero attached hydrogens (tertiary/aromatic N) is 2. The Morgan fingerprint density at radius 2 is 1.79 bits per heavy atom. The standard InChI is InChI=1S/C25H34BrN3O4S/c1-5-7-15-27-25(31)23(6-2)28(17-20-12-9-8-11-19(20)3)24(30)18-29(34(4,32)33)22-14-10-13-21(26)16-22/h8-14,16,23H,5-7,15,17-18H2,1-4H3,(H,27,31)/t23-/m0/s1. The van der Waals surface area contributed by atoms with Crippen molar-refractivity contribution in [2.45, 2.75) is 52.6 Å². The summed E-state index contributed by atoms with van der Waals surface area (Å²) in [5.74, 6) is -0.669. The molecule has 2 aromatic carbocycles. The highest BCUT2D eigenvalue weighted by Crippen LogP contribution is 2.23. The van der Waals surface area contributed by atoms with Crippen LogP contribution in [0, 0.1) is 6.92 Å². The Morgan fingerprint density at radius 1 is 1.09 bits per heavy atom. The fourth-order valence-corrected chi connectivity index (χ4v) is 4.87. The predicted octanol–water partition coefficient (Wildman–Crippen LogP) is 4.25. The Hall–Kier alpha value is -2.39. The number of amides is 2. The third-order valence-electron chi connectivity index (χ3n) is 5.59. The van der Waals surface area contributed by atoms with Gasteiger partial charge in [0.25, 0.3) is 0 Å². The van der Waals surface area contributed by atoms with Crippen molar-refractivity contribution >= 4 is 43.5 Å². The number of sulfonamides is 1. The second-order valence-electron chi connectivity index (χ2n) is 8.27. The SMILES string of the molecule is CCCCNC(=O)[C@H](CC)N(Cc1ccccc1C)C(=O)CN(c1cccc(Br)c1)S(C)(=O)=O. The van der Waals surface area contributed by atoms with E-state index in [2.05, 4.69) is 21.2 Å². The zero-order chi connectivity index (χ0) is 25.3. The number of anilines is 1. The summed E-state index contributed by atoms with van der Waals surface area (Å²) in [5, 5.41) is 2.92. The Balaban J connectivity index is 2.41. The molecule has 1 atom stereocenters. The van der Waals surface area contributed by atoms with Gasteiger partial charge in [0, 0.05) is 17.6 Å². The van der Waals surface area contributed by atoms with E-state index >= 15 is 0 Å². The van der Waals surface area contributed by atoms with Crippen molar-refractivity contribution in [3.05, 3.63) is 64.1 Å². The molecule has 0 heterocycles. The summed E-state index contributed by atoms with van der Waals surface area (Å²) in [4.78, 5) is 28.2. The number of benzene rings is 2. The fraction of sp³-hybridized carbons (Fsp3) is 0.440. The second-order valence-corrected chi connectivity index (χ2v) is 11.1. The molecule has 0 aliphatic carbocycles. The molecule has 0 radical (unpaired) electrons. The molecule has 1 N–H and O–H groups in total. The van der Waals surface area contributed by atoms with E-state index in [1.807, 2.05) is 45.0 Å². The lowest BCUT2D eigenvalue weighted by Crippen LogP contribution is -2.52. The van der Waals surface area contributed by atoms with Crippen LogP contribution in [0.5, 0.6) is 0 Å². The average Bonchev–Trinajstić information content (AvgIpc) is 2.77. The molecule has 0 unspecified atom stereocenters. The second kappa shape index (κ2) is 12.9. The normalized spacial score (nSPS) is 12.1. The molecule has 0 aliphatic heterocycles. The van der Waals surface area contributed by atoms with Gasteiger partial charge in [0.15, 0.2) is 0 Å². The molecule has 186 valence electrons. The first kappa shape index (κ1) is 27.9. The van der Waals surface area contributed by atoms with E-state index in [0.717, 1.165) is 34.5 Å². The Labute approximate surface area is 211 Å². The number of unbranched alkanes of at least 4 members (excludes halogenated alkanes) is 1. The van der Waals surface area contributed by atoms with E-state index in [0.29, 0.717) is 23.1 Å². The number of nitrogens with one attached hydrogen (secondary N) is 1. The molecule has 2 rings (SSSR count). The van der Waals surface area contributed by atoms with Gasteiger partial charge in [0.2, 0.25) is 21.8 Å². The van der Waals surface area contributed by atoms with Gasteiger partial charge in [-0.25, -0.2) is 8.42 Å². The lowest BCUT2D eigenvalue weighted by Gasteiger charge is -2.33. The quantitative estimate of drug-likeness (QED) is 0.399. The summed E-state index contributed by atoms with van der Waals surface area (Å²) in [6, 6.07) is 13.7. The lowest BCUT2D eigenvalue weighted by atomic mass is 10.1. The molecule has 0 bridgehead atoms. The Bertz CT molecular complexity index is 1090. The van der Waals surface area contributed by atoms with E-state index in [9.17, 15) is 18.0 Å². The molecule has 0 saturated carbocycles. The van der Waals surface area contributed by atoms with Gasteiger partial charge in [-0.2, -0.15) is 0 Å². The first-order valence-corrected chi connectivity index (χ1v) is 14.1. The number of carbonyl (C=O) groups excluding carboxylic acids is 2. The molecule has 0 aliphatic rings. The molecule has 7 nitrogen and oxygen atoms in total. The zero-order valence-electron chi connectivity index (χ0n) is 20.3.